The fourth-order valence-electron chi connectivity index (χ4n) is 6.75. The van der Waals surface area contributed by atoms with Gasteiger partial charge in [0.2, 0.25) is 5.91 Å². The number of halogens is 1. The molecule has 11 heteroatoms. The minimum atomic E-state index is -0.475. The van der Waals surface area contributed by atoms with Crippen LogP contribution < -0.4 is 15.9 Å². The average Bonchev–Trinajstić information content (AvgIpc) is 3.42. The van der Waals surface area contributed by atoms with Crippen LogP contribution in [0.25, 0.3) is 38.6 Å². The number of piperazine rings is 1. The fraction of sp³-hybridized carbons (Fsp3) is 0.303. The SMILES string of the molecule is C=CC(=O)N1CCN2c3nc(=O)n(-c4c(C)ccnc4C(C)C)c4cc(-c5c(C)ccc6[nH]ncc56)c(F)c(c34)NCC2C1. The van der Waals surface area contributed by atoms with E-state index in [0.29, 0.717) is 59.7 Å². The summed E-state index contributed by atoms with van der Waals surface area (Å²) in [6.07, 6.45) is 4.75. The highest BCUT2D eigenvalue weighted by Crippen LogP contribution is 2.44. The van der Waals surface area contributed by atoms with Gasteiger partial charge in [0.25, 0.3) is 0 Å². The number of anilines is 2. The molecule has 2 N–H and O–H groups in total. The molecule has 1 amide bonds. The molecule has 1 fully saturated rings. The van der Waals surface area contributed by atoms with Gasteiger partial charge in [-0.3, -0.25) is 19.4 Å². The summed E-state index contributed by atoms with van der Waals surface area (Å²) in [5, 5.41) is 11.9. The van der Waals surface area contributed by atoms with Crippen molar-refractivity contribution in [2.24, 2.45) is 0 Å². The number of amides is 1. The molecule has 1 unspecified atom stereocenters. The van der Waals surface area contributed by atoms with Gasteiger partial charge in [0, 0.05) is 43.3 Å². The maximum Gasteiger partial charge on any atom is 0.354 e. The summed E-state index contributed by atoms with van der Waals surface area (Å²) < 4.78 is 18.6. The Kier molecular flexibility index (Phi) is 6.49. The van der Waals surface area contributed by atoms with Crippen LogP contribution in [0.3, 0.4) is 0 Å². The van der Waals surface area contributed by atoms with Crippen LogP contribution in [-0.4, -0.2) is 67.8 Å². The summed E-state index contributed by atoms with van der Waals surface area (Å²) in [5.74, 6) is -0.173. The molecule has 224 valence electrons. The lowest BCUT2D eigenvalue weighted by Gasteiger charge is -2.41. The Bertz CT molecular complexity index is 2060. The molecular weight excluding hydrogens is 559 g/mol. The molecule has 44 heavy (non-hydrogen) atoms. The monoisotopic (exact) mass is 592 g/mol. The third-order valence-electron chi connectivity index (χ3n) is 8.88. The number of hydrogen-bond donors (Lipinski definition) is 2. The first-order valence-electron chi connectivity index (χ1n) is 14.8. The topological polar surface area (TPSA) is 112 Å². The van der Waals surface area contributed by atoms with E-state index in [1.54, 1.807) is 27.9 Å². The average molecular weight is 593 g/mol. The van der Waals surface area contributed by atoms with Crippen LogP contribution in [0, 0.1) is 19.7 Å². The maximum absolute atomic E-state index is 17.0. The molecule has 0 saturated carbocycles. The Morgan fingerprint density at radius 1 is 1.18 bits per heavy atom. The van der Waals surface area contributed by atoms with Gasteiger partial charge in [0.15, 0.2) is 5.82 Å². The van der Waals surface area contributed by atoms with Gasteiger partial charge < -0.3 is 15.1 Å². The van der Waals surface area contributed by atoms with Crippen LogP contribution in [0.15, 0.2) is 54.1 Å². The predicted octanol–water partition coefficient (Wildman–Crippen LogP) is 4.83. The van der Waals surface area contributed by atoms with Gasteiger partial charge in [-0.15, -0.1) is 0 Å². The number of nitrogens with one attached hydrogen (secondary N) is 2. The number of benzene rings is 2. The Morgan fingerprint density at radius 3 is 2.77 bits per heavy atom. The van der Waals surface area contributed by atoms with Crippen LogP contribution in [-0.2, 0) is 4.79 Å². The van der Waals surface area contributed by atoms with Crippen molar-refractivity contribution in [1.82, 2.24) is 29.6 Å². The van der Waals surface area contributed by atoms with E-state index in [1.807, 2.05) is 50.8 Å². The normalized spacial score (nSPS) is 16.3. The van der Waals surface area contributed by atoms with Gasteiger partial charge >= 0.3 is 5.69 Å². The molecule has 0 spiro atoms. The molecule has 1 saturated heterocycles. The van der Waals surface area contributed by atoms with Gasteiger partial charge in [0.1, 0.15) is 5.82 Å². The third kappa shape index (κ3) is 4.10. The van der Waals surface area contributed by atoms with Gasteiger partial charge in [0.05, 0.1) is 45.7 Å². The summed E-state index contributed by atoms with van der Waals surface area (Å²) in [7, 11) is 0. The molecule has 2 aliphatic heterocycles. The van der Waals surface area contributed by atoms with E-state index >= 15 is 4.39 Å². The zero-order valence-electron chi connectivity index (χ0n) is 25.1. The number of aromatic amines is 1. The molecule has 2 aromatic carbocycles. The van der Waals surface area contributed by atoms with E-state index in [9.17, 15) is 9.59 Å². The van der Waals surface area contributed by atoms with Crippen LogP contribution in [0.2, 0.25) is 0 Å². The standard InChI is InChI=1S/C33H33FN8O2/c1-6-25(43)40-11-12-41-20(16-40)14-36-30-27-24(13-21(28(30)34)26-18(4)7-8-23-22(26)15-37-39-23)42(33(44)38-32(27)41)31-19(5)9-10-35-29(31)17(2)3/h6-10,13,15,17,20,36H,1,11-12,14,16H2,2-5H3,(H,37,39). The molecule has 7 rings (SSSR count). The number of rotatable bonds is 4. The molecule has 0 bridgehead atoms. The Labute approximate surface area is 253 Å². The highest BCUT2D eigenvalue weighted by Gasteiger charge is 2.36. The molecular formula is C33H33FN8O2. The molecule has 5 aromatic rings. The maximum atomic E-state index is 17.0. The van der Waals surface area contributed by atoms with E-state index in [-0.39, 0.29) is 23.6 Å². The second-order valence-electron chi connectivity index (χ2n) is 11.9. The number of carbonyl (C=O) groups is 1. The van der Waals surface area contributed by atoms with E-state index < -0.39 is 11.5 Å². The van der Waals surface area contributed by atoms with Crippen molar-refractivity contribution in [2.45, 2.75) is 39.7 Å². The van der Waals surface area contributed by atoms with Gasteiger partial charge in [-0.25, -0.2) is 9.18 Å². The zero-order valence-corrected chi connectivity index (χ0v) is 25.1. The molecule has 5 heterocycles. The van der Waals surface area contributed by atoms with Crippen LogP contribution in [0.1, 0.15) is 36.6 Å². The van der Waals surface area contributed by atoms with Crippen molar-refractivity contribution in [2.75, 3.05) is 36.4 Å². The Balaban J connectivity index is 1.59. The lowest BCUT2D eigenvalue weighted by molar-refractivity contribution is -0.126. The number of aryl methyl sites for hydroxylation is 2. The molecule has 2 aliphatic rings. The number of aromatic nitrogens is 5. The van der Waals surface area contributed by atoms with Crippen LogP contribution >= 0.6 is 0 Å². The van der Waals surface area contributed by atoms with Crippen molar-refractivity contribution < 1.29 is 9.18 Å². The molecule has 0 radical (unpaired) electrons. The lowest BCUT2D eigenvalue weighted by atomic mass is 9.94. The van der Waals surface area contributed by atoms with Crippen LogP contribution in [0.4, 0.5) is 15.9 Å². The number of carbonyl (C=O) groups excluding carboxylic acids is 1. The first-order chi connectivity index (χ1) is 21.2. The zero-order chi connectivity index (χ0) is 30.9. The van der Waals surface area contributed by atoms with E-state index in [1.165, 1.54) is 6.08 Å². The Hall–Kier alpha value is -5.06. The Morgan fingerprint density at radius 2 is 2.00 bits per heavy atom. The second-order valence-corrected chi connectivity index (χ2v) is 11.9. The summed E-state index contributed by atoms with van der Waals surface area (Å²) in [6, 6.07) is 7.26. The first-order valence-corrected chi connectivity index (χ1v) is 14.8. The predicted molar refractivity (Wildman–Crippen MR) is 170 cm³/mol. The number of nitrogens with zero attached hydrogens (tertiary/aromatic N) is 6. The van der Waals surface area contributed by atoms with Gasteiger partial charge in [-0.05, 0) is 60.7 Å². The summed E-state index contributed by atoms with van der Waals surface area (Å²) >= 11 is 0. The second kappa shape index (κ2) is 10.3. The minimum absolute atomic E-state index is 0.0153. The fourth-order valence-corrected chi connectivity index (χ4v) is 6.75. The lowest BCUT2D eigenvalue weighted by Crippen LogP contribution is -2.57. The number of hydrogen-bond acceptors (Lipinski definition) is 7. The van der Waals surface area contributed by atoms with Gasteiger partial charge in [-0.2, -0.15) is 10.1 Å². The smallest absolute Gasteiger partial charge is 0.354 e. The van der Waals surface area contributed by atoms with Crippen molar-refractivity contribution in [1.29, 1.82) is 0 Å². The number of fused-ring (bicyclic) bond motifs is 3. The van der Waals surface area contributed by atoms with Crippen molar-refractivity contribution >= 4 is 39.2 Å². The minimum Gasteiger partial charge on any atom is -0.380 e. The first kappa shape index (κ1) is 27.8. The van der Waals surface area contributed by atoms with E-state index in [4.69, 9.17) is 0 Å². The third-order valence-corrected chi connectivity index (χ3v) is 8.88. The number of pyridine rings is 1. The largest absolute Gasteiger partial charge is 0.380 e. The summed E-state index contributed by atoms with van der Waals surface area (Å²) in [6.45, 7) is 13.2. The van der Waals surface area contributed by atoms with E-state index in [0.717, 1.165) is 27.7 Å². The van der Waals surface area contributed by atoms with E-state index in [2.05, 4.69) is 32.1 Å². The molecule has 10 nitrogen and oxygen atoms in total. The molecule has 3 aromatic heterocycles. The van der Waals surface area contributed by atoms with Crippen molar-refractivity contribution in [3.63, 3.8) is 0 Å². The van der Waals surface area contributed by atoms with Crippen molar-refractivity contribution in [3.8, 4) is 16.8 Å². The van der Waals surface area contributed by atoms with Gasteiger partial charge in [-0.1, -0.05) is 26.5 Å². The summed E-state index contributed by atoms with van der Waals surface area (Å²) in [5.41, 5.74) is 5.30. The van der Waals surface area contributed by atoms with Crippen LogP contribution in [0.5, 0.6) is 0 Å². The highest BCUT2D eigenvalue weighted by molar-refractivity contribution is 6.07. The van der Waals surface area contributed by atoms with Crippen molar-refractivity contribution in [3.05, 3.63) is 82.4 Å². The quantitative estimate of drug-likeness (QED) is 0.288. The molecule has 1 atom stereocenters. The summed E-state index contributed by atoms with van der Waals surface area (Å²) in [4.78, 5) is 39.8. The number of H-pyrrole nitrogens is 1. The highest BCUT2D eigenvalue weighted by atomic mass is 19.1. The molecule has 0 aliphatic carbocycles.